The number of alkyl halides is 2. The number of ether oxygens (including phenoxy) is 1. The number of nitro groups is 1. The molecule has 0 unspecified atom stereocenters. The van der Waals surface area contributed by atoms with E-state index in [1.807, 2.05) is 0 Å². The molecule has 10 heteroatoms. The highest BCUT2D eigenvalue weighted by Gasteiger charge is 2.47. The molecule has 1 saturated heterocycles. The molecule has 0 saturated carbocycles. The SMILES string of the molecule is C[C@H]1O[C@H](Cl)[C@@H](C(=O)c2ccc([N+](=O)[O-])cc2)[C@H](NC(=O)CCl)[C@H]1O. The Bertz CT molecular complexity index is 668. The van der Waals surface area contributed by atoms with Crippen molar-refractivity contribution in [3.8, 4) is 0 Å². The molecule has 2 rings (SSSR count). The Labute approximate surface area is 153 Å². The van der Waals surface area contributed by atoms with Crippen molar-refractivity contribution >= 4 is 40.6 Å². The van der Waals surface area contributed by atoms with Gasteiger partial charge in [0.05, 0.1) is 23.0 Å². The Balaban J connectivity index is 2.31. The van der Waals surface area contributed by atoms with Gasteiger partial charge in [0.25, 0.3) is 5.69 Å². The number of non-ortho nitro benzene ring substituents is 1. The lowest BCUT2D eigenvalue weighted by Gasteiger charge is -2.41. The minimum absolute atomic E-state index is 0.150. The van der Waals surface area contributed by atoms with Gasteiger partial charge in [-0.25, -0.2) is 0 Å². The van der Waals surface area contributed by atoms with E-state index in [0.29, 0.717) is 0 Å². The fraction of sp³-hybridized carbons (Fsp3) is 0.467. The number of nitrogens with one attached hydrogen (secondary N) is 1. The Hall–Kier alpha value is -1.74. The van der Waals surface area contributed by atoms with Crippen molar-refractivity contribution in [1.29, 1.82) is 0 Å². The highest BCUT2D eigenvalue weighted by molar-refractivity contribution is 6.27. The molecule has 2 N–H and O–H groups in total. The summed E-state index contributed by atoms with van der Waals surface area (Å²) in [6, 6.07) is 3.95. The Morgan fingerprint density at radius 3 is 2.48 bits per heavy atom. The van der Waals surface area contributed by atoms with E-state index < -0.39 is 46.3 Å². The molecule has 1 heterocycles. The van der Waals surface area contributed by atoms with Crippen LogP contribution in [0.25, 0.3) is 0 Å². The normalized spacial score (nSPS) is 29.0. The predicted octanol–water partition coefficient (Wildman–Crippen LogP) is 1.46. The van der Waals surface area contributed by atoms with Gasteiger partial charge in [0.15, 0.2) is 5.78 Å². The number of carbonyl (C=O) groups excluding carboxylic acids is 2. The Morgan fingerprint density at radius 2 is 1.96 bits per heavy atom. The van der Waals surface area contributed by atoms with Crippen molar-refractivity contribution in [2.45, 2.75) is 30.7 Å². The molecule has 1 aromatic rings. The second-order valence-electron chi connectivity index (χ2n) is 5.60. The van der Waals surface area contributed by atoms with Crippen LogP contribution in [-0.2, 0) is 9.53 Å². The fourth-order valence-electron chi connectivity index (χ4n) is 2.66. The zero-order valence-corrected chi connectivity index (χ0v) is 14.6. The molecule has 25 heavy (non-hydrogen) atoms. The number of carbonyl (C=O) groups is 2. The van der Waals surface area contributed by atoms with Crippen LogP contribution < -0.4 is 5.32 Å². The van der Waals surface area contributed by atoms with Gasteiger partial charge in [0.1, 0.15) is 17.5 Å². The number of Topliss-reactive ketones (excluding diaryl/α,β-unsaturated/α-hetero) is 1. The number of halogens is 2. The van der Waals surface area contributed by atoms with Gasteiger partial charge in [-0.2, -0.15) is 0 Å². The summed E-state index contributed by atoms with van der Waals surface area (Å²) in [7, 11) is 0. The van der Waals surface area contributed by atoms with Gasteiger partial charge in [-0.3, -0.25) is 19.7 Å². The standard InChI is InChI=1S/C15H16Cl2N2O6/c1-7-13(21)12(18-10(20)6-16)11(15(17)25-7)14(22)8-2-4-9(5-3-8)19(23)24/h2-5,7,11-13,15,21H,6H2,1H3,(H,18,20)/t7-,11-,12+,13+,15+/m1/s1. The van der Waals surface area contributed by atoms with Crippen molar-refractivity contribution in [2.24, 2.45) is 5.92 Å². The largest absolute Gasteiger partial charge is 0.388 e. The fourth-order valence-corrected chi connectivity index (χ4v) is 3.17. The van der Waals surface area contributed by atoms with Crippen LogP contribution in [0, 0.1) is 16.0 Å². The number of aliphatic hydroxyl groups is 1. The molecule has 0 aliphatic carbocycles. The van der Waals surface area contributed by atoms with Gasteiger partial charge in [-0.1, -0.05) is 11.6 Å². The number of aliphatic hydroxyl groups excluding tert-OH is 1. The zero-order chi connectivity index (χ0) is 18.7. The predicted molar refractivity (Wildman–Crippen MR) is 89.8 cm³/mol. The number of nitrogens with zero attached hydrogens (tertiary/aromatic N) is 1. The molecule has 5 atom stereocenters. The molecule has 0 aromatic heterocycles. The van der Waals surface area contributed by atoms with Crippen LogP contribution >= 0.6 is 23.2 Å². The van der Waals surface area contributed by atoms with E-state index in [1.165, 1.54) is 24.3 Å². The van der Waals surface area contributed by atoms with Gasteiger partial charge in [-0.05, 0) is 19.1 Å². The molecular formula is C15H16Cl2N2O6. The molecule has 1 fully saturated rings. The molecule has 0 spiro atoms. The lowest BCUT2D eigenvalue weighted by Crippen LogP contribution is -2.61. The van der Waals surface area contributed by atoms with Crippen LogP contribution in [0.3, 0.4) is 0 Å². The van der Waals surface area contributed by atoms with Crippen LogP contribution in [0.15, 0.2) is 24.3 Å². The molecule has 8 nitrogen and oxygen atoms in total. The first kappa shape index (κ1) is 19.6. The van der Waals surface area contributed by atoms with E-state index in [-0.39, 0.29) is 17.1 Å². The summed E-state index contributed by atoms with van der Waals surface area (Å²) in [6.45, 7) is 1.56. The van der Waals surface area contributed by atoms with Gasteiger partial charge < -0.3 is 15.2 Å². The zero-order valence-electron chi connectivity index (χ0n) is 13.1. The van der Waals surface area contributed by atoms with Gasteiger partial charge in [-0.15, -0.1) is 11.6 Å². The molecule has 1 aromatic carbocycles. The van der Waals surface area contributed by atoms with Crippen molar-refractivity contribution in [1.82, 2.24) is 5.32 Å². The number of hydrogen-bond acceptors (Lipinski definition) is 6. The quantitative estimate of drug-likeness (QED) is 0.340. The second-order valence-corrected chi connectivity index (χ2v) is 6.30. The molecule has 1 aliphatic rings. The molecule has 0 radical (unpaired) electrons. The van der Waals surface area contributed by atoms with E-state index in [9.17, 15) is 24.8 Å². The third kappa shape index (κ3) is 4.27. The van der Waals surface area contributed by atoms with Gasteiger partial charge >= 0.3 is 0 Å². The summed E-state index contributed by atoms with van der Waals surface area (Å²) in [5.41, 5.74) is -1.11. The van der Waals surface area contributed by atoms with Crippen molar-refractivity contribution in [3.05, 3.63) is 39.9 Å². The average molecular weight is 391 g/mol. The Morgan fingerprint density at radius 1 is 1.36 bits per heavy atom. The summed E-state index contributed by atoms with van der Waals surface area (Å²) in [5, 5.41) is 23.5. The minimum atomic E-state index is -1.17. The third-order valence-corrected chi connectivity index (χ3v) is 4.59. The number of amides is 1. The second kappa shape index (κ2) is 8.09. The van der Waals surface area contributed by atoms with E-state index in [1.54, 1.807) is 6.92 Å². The Kier molecular flexibility index (Phi) is 6.34. The van der Waals surface area contributed by atoms with E-state index in [0.717, 1.165) is 0 Å². The summed E-state index contributed by atoms with van der Waals surface area (Å²) in [5.74, 6) is -2.50. The van der Waals surface area contributed by atoms with E-state index in [2.05, 4.69) is 5.32 Å². The maximum atomic E-state index is 12.8. The van der Waals surface area contributed by atoms with Crippen LogP contribution in [0.1, 0.15) is 17.3 Å². The van der Waals surface area contributed by atoms with Crippen LogP contribution in [0.5, 0.6) is 0 Å². The maximum Gasteiger partial charge on any atom is 0.269 e. The highest BCUT2D eigenvalue weighted by Crippen LogP contribution is 2.31. The van der Waals surface area contributed by atoms with Crippen molar-refractivity contribution in [2.75, 3.05) is 5.88 Å². The van der Waals surface area contributed by atoms with Crippen molar-refractivity contribution in [3.63, 3.8) is 0 Å². The number of benzene rings is 1. The third-order valence-electron chi connectivity index (χ3n) is 3.98. The number of hydrogen-bond donors (Lipinski definition) is 2. The number of nitro benzene ring substituents is 1. The molecular weight excluding hydrogens is 375 g/mol. The maximum absolute atomic E-state index is 12.8. The first-order valence-corrected chi connectivity index (χ1v) is 8.35. The van der Waals surface area contributed by atoms with Crippen molar-refractivity contribution < 1.29 is 24.4 Å². The molecule has 1 amide bonds. The summed E-state index contributed by atoms with van der Waals surface area (Å²) < 4.78 is 5.36. The summed E-state index contributed by atoms with van der Waals surface area (Å²) >= 11 is 11.6. The van der Waals surface area contributed by atoms with Gasteiger partial charge in [0, 0.05) is 17.7 Å². The number of ketones is 1. The lowest BCUT2D eigenvalue weighted by atomic mass is 9.84. The van der Waals surface area contributed by atoms with Gasteiger partial charge in [0.2, 0.25) is 5.91 Å². The first-order chi connectivity index (χ1) is 11.8. The molecule has 1 aliphatic heterocycles. The molecule has 0 bridgehead atoms. The molecule has 136 valence electrons. The smallest absolute Gasteiger partial charge is 0.269 e. The minimum Gasteiger partial charge on any atom is -0.388 e. The van der Waals surface area contributed by atoms with Crippen LogP contribution in [0.4, 0.5) is 5.69 Å². The summed E-state index contributed by atoms with van der Waals surface area (Å²) in [6.07, 6.45) is -1.88. The topological polar surface area (TPSA) is 119 Å². The highest BCUT2D eigenvalue weighted by atomic mass is 35.5. The lowest BCUT2D eigenvalue weighted by molar-refractivity contribution is -0.384. The van der Waals surface area contributed by atoms with Crippen LogP contribution in [0.2, 0.25) is 0 Å². The number of rotatable bonds is 5. The van der Waals surface area contributed by atoms with Crippen LogP contribution in [-0.4, -0.2) is 51.4 Å². The van der Waals surface area contributed by atoms with E-state index >= 15 is 0 Å². The average Bonchev–Trinajstić information content (AvgIpc) is 2.59. The first-order valence-electron chi connectivity index (χ1n) is 7.38. The monoisotopic (exact) mass is 390 g/mol. The summed E-state index contributed by atoms with van der Waals surface area (Å²) in [4.78, 5) is 34.6. The van der Waals surface area contributed by atoms with E-state index in [4.69, 9.17) is 27.9 Å².